The fourth-order valence-electron chi connectivity index (χ4n) is 3.05. The molecule has 31 heavy (non-hydrogen) atoms. The van der Waals surface area contributed by atoms with Gasteiger partial charge in [-0.2, -0.15) is 10.4 Å². The molecule has 0 radical (unpaired) electrons. The molecule has 0 aliphatic carbocycles. The highest BCUT2D eigenvalue weighted by Crippen LogP contribution is 2.30. The van der Waals surface area contributed by atoms with Gasteiger partial charge in [0.15, 0.2) is 0 Å². The highest BCUT2D eigenvalue weighted by atomic mass is 32.1. The number of thiophene rings is 1. The topological polar surface area (TPSA) is 79.9 Å². The van der Waals surface area contributed by atoms with Gasteiger partial charge in [0.2, 0.25) is 0 Å². The monoisotopic (exact) mass is 426 g/mol. The molecule has 0 aliphatic heterocycles. The first-order chi connectivity index (χ1) is 15.2. The summed E-state index contributed by atoms with van der Waals surface area (Å²) in [7, 11) is 1.53. The zero-order valence-electron chi connectivity index (χ0n) is 16.6. The number of carbonyl (C=O) groups is 1. The molecule has 0 saturated heterocycles. The number of ether oxygens (including phenoxy) is 1. The molecule has 0 bridgehead atoms. The number of aromatic nitrogens is 2. The van der Waals surface area contributed by atoms with Gasteiger partial charge < -0.3 is 10.1 Å². The molecular formula is C24H18N4O2S. The van der Waals surface area contributed by atoms with E-state index < -0.39 is 5.91 Å². The zero-order valence-corrected chi connectivity index (χ0v) is 17.5. The molecule has 0 unspecified atom stereocenters. The van der Waals surface area contributed by atoms with E-state index in [1.54, 1.807) is 46.4 Å². The summed E-state index contributed by atoms with van der Waals surface area (Å²) < 4.78 is 7.01. The minimum atomic E-state index is -0.517. The molecule has 0 fully saturated rings. The van der Waals surface area contributed by atoms with Crippen molar-refractivity contribution in [1.29, 1.82) is 5.26 Å². The third-order valence-corrected chi connectivity index (χ3v) is 5.41. The minimum absolute atomic E-state index is 0.0312. The van der Waals surface area contributed by atoms with Gasteiger partial charge >= 0.3 is 0 Å². The lowest BCUT2D eigenvalue weighted by atomic mass is 10.1. The average molecular weight is 427 g/mol. The molecule has 2 aromatic carbocycles. The van der Waals surface area contributed by atoms with Crippen LogP contribution in [0.2, 0.25) is 0 Å². The van der Waals surface area contributed by atoms with Crippen LogP contribution in [0.3, 0.4) is 0 Å². The predicted molar refractivity (Wildman–Crippen MR) is 122 cm³/mol. The summed E-state index contributed by atoms with van der Waals surface area (Å²) in [4.78, 5) is 13.8. The molecule has 0 aliphatic rings. The summed E-state index contributed by atoms with van der Waals surface area (Å²) in [5.41, 5.74) is 2.73. The first-order valence-electron chi connectivity index (χ1n) is 9.44. The van der Waals surface area contributed by atoms with Crippen molar-refractivity contribution in [2.45, 2.75) is 0 Å². The van der Waals surface area contributed by atoms with E-state index in [-0.39, 0.29) is 5.57 Å². The number of hydrogen-bond acceptors (Lipinski definition) is 5. The molecule has 0 saturated carbocycles. The van der Waals surface area contributed by atoms with Gasteiger partial charge in [-0.25, -0.2) is 4.68 Å². The van der Waals surface area contributed by atoms with Crippen molar-refractivity contribution in [3.8, 4) is 28.1 Å². The molecule has 2 aromatic heterocycles. The van der Waals surface area contributed by atoms with Gasteiger partial charge in [-0.05, 0) is 41.8 Å². The number of rotatable bonds is 6. The van der Waals surface area contributed by atoms with Crippen molar-refractivity contribution in [3.05, 3.63) is 89.4 Å². The van der Waals surface area contributed by atoms with Gasteiger partial charge in [-0.1, -0.05) is 36.4 Å². The van der Waals surface area contributed by atoms with Gasteiger partial charge in [0, 0.05) is 11.8 Å². The quantitative estimate of drug-likeness (QED) is 0.341. The van der Waals surface area contributed by atoms with Crippen molar-refractivity contribution in [2.75, 3.05) is 12.4 Å². The van der Waals surface area contributed by atoms with E-state index in [1.807, 2.05) is 60.1 Å². The van der Waals surface area contributed by atoms with Crippen molar-refractivity contribution in [2.24, 2.45) is 0 Å². The number of nitrogens with zero attached hydrogens (tertiary/aromatic N) is 3. The maximum atomic E-state index is 12.8. The SMILES string of the molecule is COc1ccccc1NC(=O)/C(C#N)=C\c1cn(-c2ccccc2)nc1-c1cccs1. The molecule has 4 rings (SSSR count). The summed E-state index contributed by atoms with van der Waals surface area (Å²) in [6.07, 6.45) is 3.38. The molecular weight excluding hydrogens is 408 g/mol. The maximum Gasteiger partial charge on any atom is 0.266 e. The summed E-state index contributed by atoms with van der Waals surface area (Å²) in [6.45, 7) is 0. The van der Waals surface area contributed by atoms with Gasteiger partial charge in [0.1, 0.15) is 23.1 Å². The highest BCUT2D eigenvalue weighted by molar-refractivity contribution is 7.13. The van der Waals surface area contributed by atoms with Crippen LogP contribution in [0.4, 0.5) is 5.69 Å². The summed E-state index contributed by atoms with van der Waals surface area (Å²) in [6, 6.07) is 22.6. The van der Waals surface area contributed by atoms with E-state index in [4.69, 9.17) is 9.84 Å². The van der Waals surface area contributed by atoms with Crippen molar-refractivity contribution in [1.82, 2.24) is 9.78 Å². The lowest BCUT2D eigenvalue weighted by Crippen LogP contribution is -2.14. The minimum Gasteiger partial charge on any atom is -0.495 e. The van der Waals surface area contributed by atoms with E-state index in [2.05, 4.69) is 5.32 Å². The predicted octanol–water partition coefficient (Wildman–Crippen LogP) is 5.16. The van der Waals surface area contributed by atoms with Crippen LogP contribution in [0.1, 0.15) is 5.56 Å². The van der Waals surface area contributed by atoms with Gasteiger partial charge in [-0.3, -0.25) is 4.79 Å². The number of benzene rings is 2. The first-order valence-corrected chi connectivity index (χ1v) is 10.3. The van der Waals surface area contributed by atoms with E-state index >= 15 is 0 Å². The standard InChI is InChI=1S/C24H18N4O2S/c1-30-21-11-6-5-10-20(21)26-24(29)17(15-25)14-18-16-28(19-8-3-2-4-9-19)27-23(18)22-12-7-13-31-22/h2-14,16H,1H3,(H,26,29)/b17-14-. The molecule has 4 aromatic rings. The van der Waals surface area contributed by atoms with Crippen molar-refractivity contribution in [3.63, 3.8) is 0 Å². The lowest BCUT2D eigenvalue weighted by Gasteiger charge is -2.09. The van der Waals surface area contributed by atoms with Gasteiger partial charge in [0.25, 0.3) is 5.91 Å². The smallest absolute Gasteiger partial charge is 0.266 e. The molecule has 2 heterocycles. The molecule has 0 atom stereocenters. The third kappa shape index (κ3) is 4.39. The van der Waals surface area contributed by atoms with Gasteiger partial charge in [0.05, 0.1) is 23.4 Å². The van der Waals surface area contributed by atoms with Crippen LogP contribution in [-0.2, 0) is 4.79 Å². The van der Waals surface area contributed by atoms with Crippen LogP contribution in [0.5, 0.6) is 5.75 Å². The summed E-state index contributed by atoms with van der Waals surface area (Å²) >= 11 is 1.54. The Morgan fingerprint density at radius 3 is 2.61 bits per heavy atom. The second-order valence-corrected chi connectivity index (χ2v) is 7.46. The second kappa shape index (κ2) is 9.11. The van der Waals surface area contributed by atoms with Crippen LogP contribution in [-0.4, -0.2) is 22.8 Å². The van der Waals surface area contributed by atoms with E-state index in [1.165, 1.54) is 7.11 Å². The number of carbonyl (C=O) groups excluding carboxylic acids is 1. The maximum absolute atomic E-state index is 12.8. The first kappa shape index (κ1) is 20.1. The third-order valence-electron chi connectivity index (χ3n) is 4.54. The van der Waals surface area contributed by atoms with E-state index in [0.717, 1.165) is 10.6 Å². The number of methoxy groups -OCH3 is 1. The highest BCUT2D eigenvalue weighted by Gasteiger charge is 2.16. The number of para-hydroxylation sites is 3. The van der Waals surface area contributed by atoms with Crippen molar-refractivity contribution >= 4 is 29.0 Å². The Hall–Kier alpha value is -4.15. The number of nitrogens with one attached hydrogen (secondary N) is 1. The largest absolute Gasteiger partial charge is 0.495 e. The normalized spacial score (nSPS) is 11.0. The van der Waals surface area contributed by atoms with Crippen LogP contribution < -0.4 is 10.1 Å². The molecule has 6 nitrogen and oxygen atoms in total. The average Bonchev–Trinajstić information content (AvgIpc) is 3.48. The number of anilines is 1. The molecule has 1 N–H and O–H groups in total. The number of amides is 1. The Kier molecular flexibility index (Phi) is 5.92. The van der Waals surface area contributed by atoms with Crippen molar-refractivity contribution < 1.29 is 9.53 Å². The van der Waals surface area contributed by atoms with Crippen LogP contribution >= 0.6 is 11.3 Å². The summed E-state index contributed by atoms with van der Waals surface area (Å²) in [5.74, 6) is 0.000835. The molecule has 0 spiro atoms. The number of nitriles is 1. The fraction of sp³-hybridized carbons (Fsp3) is 0.0417. The Morgan fingerprint density at radius 2 is 1.90 bits per heavy atom. The summed E-state index contributed by atoms with van der Waals surface area (Å²) in [5, 5.41) is 19.1. The molecule has 7 heteroatoms. The van der Waals surface area contributed by atoms with Crippen LogP contribution in [0.15, 0.2) is 83.9 Å². The van der Waals surface area contributed by atoms with Gasteiger partial charge in [-0.15, -0.1) is 11.3 Å². The molecule has 1 amide bonds. The van der Waals surface area contributed by atoms with Crippen LogP contribution in [0, 0.1) is 11.3 Å². The Bertz CT molecular complexity index is 1270. The molecule has 152 valence electrons. The Labute approximate surface area is 183 Å². The van der Waals surface area contributed by atoms with E-state index in [9.17, 15) is 10.1 Å². The van der Waals surface area contributed by atoms with Crippen LogP contribution in [0.25, 0.3) is 22.3 Å². The Morgan fingerprint density at radius 1 is 1.13 bits per heavy atom. The second-order valence-electron chi connectivity index (χ2n) is 6.51. The number of hydrogen-bond donors (Lipinski definition) is 1. The van der Waals surface area contributed by atoms with E-state index in [0.29, 0.717) is 22.7 Å². The zero-order chi connectivity index (χ0) is 21.6. The lowest BCUT2D eigenvalue weighted by molar-refractivity contribution is -0.112. The fourth-order valence-corrected chi connectivity index (χ4v) is 3.78. The Balaban J connectivity index is 1.72.